The van der Waals surface area contributed by atoms with Crippen molar-refractivity contribution in [1.82, 2.24) is 4.98 Å². The van der Waals surface area contributed by atoms with Crippen molar-refractivity contribution in [1.29, 1.82) is 0 Å². The van der Waals surface area contributed by atoms with Gasteiger partial charge in [0, 0.05) is 4.47 Å². The molecule has 7 heteroatoms. The average molecular weight is 357 g/mol. The lowest BCUT2D eigenvalue weighted by atomic mass is 10.3. The van der Waals surface area contributed by atoms with Crippen LogP contribution in [0.15, 0.2) is 22.7 Å². The molecule has 0 spiro atoms. The number of carbonyl (C=O) groups is 1. The minimum absolute atomic E-state index is 0.0139. The standard InChI is InChI=1S/C13H14BrN3O2S/c14-9-1-2-10-11(7-9)20-13(15-10)16-12(18)8-17-3-5-19-6-4-17/h1-2,7H,3-6,8H2,(H,15,16,18)/p+1. The van der Waals surface area contributed by atoms with Crippen LogP contribution >= 0.6 is 27.3 Å². The SMILES string of the molecule is O=C(C[NH+]1CCOCC1)Nc1nc2ccc(Br)cc2s1. The van der Waals surface area contributed by atoms with Crippen LogP contribution in [0.25, 0.3) is 10.2 Å². The highest BCUT2D eigenvalue weighted by molar-refractivity contribution is 9.10. The fourth-order valence-corrected chi connectivity index (χ4v) is 3.61. The summed E-state index contributed by atoms with van der Waals surface area (Å²) in [6.45, 7) is 3.72. The summed E-state index contributed by atoms with van der Waals surface area (Å²) >= 11 is 4.93. The zero-order valence-electron chi connectivity index (χ0n) is 10.8. The largest absolute Gasteiger partial charge is 0.370 e. The van der Waals surface area contributed by atoms with Crippen molar-refractivity contribution in [2.24, 2.45) is 0 Å². The number of fused-ring (bicyclic) bond motifs is 1. The second kappa shape index (κ2) is 6.17. The number of hydrogen-bond acceptors (Lipinski definition) is 4. The molecule has 2 heterocycles. The van der Waals surface area contributed by atoms with Gasteiger partial charge in [-0.15, -0.1) is 0 Å². The van der Waals surface area contributed by atoms with Gasteiger partial charge < -0.3 is 9.64 Å². The summed E-state index contributed by atoms with van der Waals surface area (Å²) in [5, 5.41) is 3.55. The summed E-state index contributed by atoms with van der Waals surface area (Å²) in [6, 6.07) is 5.90. The maximum absolute atomic E-state index is 12.0. The van der Waals surface area contributed by atoms with Gasteiger partial charge in [0.1, 0.15) is 13.1 Å². The molecular weight excluding hydrogens is 342 g/mol. The maximum Gasteiger partial charge on any atom is 0.281 e. The van der Waals surface area contributed by atoms with Crippen LogP contribution in [0, 0.1) is 0 Å². The van der Waals surface area contributed by atoms with E-state index in [0.29, 0.717) is 11.7 Å². The van der Waals surface area contributed by atoms with Gasteiger partial charge in [-0.2, -0.15) is 0 Å². The van der Waals surface area contributed by atoms with Gasteiger partial charge in [0.25, 0.3) is 5.91 Å². The summed E-state index contributed by atoms with van der Waals surface area (Å²) in [4.78, 5) is 17.7. The molecule has 0 saturated carbocycles. The topological polar surface area (TPSA) is 55.7 Å². The Bertz CT molecular complexity index is 625. The number of anilines is 1. The second-order valence-electron chi connectivity index (χ2n) is 4.72. The van der Waals surface area contributed by atoms with E-state index in [4.69, 9.17) is 4.74 Å². The third-order valence-electron chi connectivity index (χ3n) is 3.21. The van der Waals surface area contributed by atoms with Gasteiger partial charge in [0.15, 0.2) is 11.7 Å². The smallest absolute Gasteiger partial charge is 0.281 e. The number of quaternary nitrogens is 1. The Morgan fingerprint density at radius 1 is 1.45 bits per heavy atom. The van der Waals surface area contributed by atoms with Gasteiger partial charge in [0.05, 0.1) is 23.4 Å². The summed E-state index contributed by atoms with van der Waals surface area (Å²) in [7, 11) is 0. The number of halogens is 1. The molecule has 1 saturated heterocycles. The summed E-state index contributed by atoms with van der Waals surface area (Å²) in [5.74, 6) is 0.0139. The third kappa shape index (κ3) is 3.35. The number of rotatable bonds is 3. The van der Waals surface area contributed by atoms with Crippen molar-refractivity contribution in [2.45, 2.75) is 0 Å². The van der Waals surface area contributed by atoms with Crippen LogP contribution in [0.1, 0.15) is 0 Å². The van der Waals surface area contributed by atoms with Gasteiger partial charge in [-0.3, -0.25) is 10.1 Å². The van der Waals surface area contributed by atoms with E-state index in [9.17, 15) is 4.79 Å². The molecular formula is C13H15BrN3O2S+. The molecule has 1 aromatic heterocycles. The molecule has 0 bridgehead atoms. The highest BCUT2D eigenvalue weighted by Gasteiger charge is 2.18. The van der Waals surface area contributed by atoms with Crippen molar-refractivity contribution in [3.8, 4) is 0 Å². The zero-order chi connectivity index (χ0) is 13.9. The highest BCUT2D eigenvalue weighted by atomic mass is 79.9. The van der Waals surface area contributed by atoms with E-state index in [-0.39, 0.29) is 5.91 Å². The van der Waals surface area contributed by atoms with Gasteiger partial charge in [-0.25, -0.2) is 4.98 Å². The number of carbonyl (C=O) groups excluding carboxylic acids is 1. The van der Waals surface area contributed by atoms with Crippen LogP contribution in [-0.2, 0) is 9.53 Å². The monoisotopic (exact) mass is 356 g/mol. The van der Waals surface area contributed by atoms with E-state index in [2.05, 4.69) is 26.2 Å². The predicted molar refractivity (Wildman–Crippen MR) is 82.3 cm³/mol. The van der Waals surface area contributed by atoms with Gasteiger partial charge in [-0.1, -0.05) is 27.3 Å². The first-order valence-electron chi connectivity index (χ1n) is 6.48. The molecule has 106 valence electrons. The van der Waals surface area contributed by atoms with Crippen molar-refractivity contribution in [2.75, 3.05) is 38.2 Å². The molecule has 0 unspecified atom stereocenters. The molecule has 1 aromatic carbocycles. The number of nitrogens with zero attached hydrogens (tertiary/aromatic N) is 1. The van der Waals surface area contributed by atoms with Crippen LogP contribution in [0.4, 0.5) is 5.13 Å². The number of amides is 1. The number of morpholine rings is 1. The first kappa shape index (κ1) is 13.9. The molecule has 20 heavy (non-hydrogen) atoms. The van der Waals surface area contributed by atoms with E-state index >= 15 is 0 Å². The highest BCUT2D eigenvalue weighted by Crippen LogP contribution is 2.28. The van der Waals surface area contributed by atoms with Crippen LogP contribution in [0.3, 0.4) is 0 Å². The predicted octanol–water partition coefficient (Wildman–Crippen LogP) is 0.912. The normalized spacial score (nSPS) is 16.4. The number of nitrogens with one attached hydrogen (secondary N) is 2. The molecule has 1 fully saturated rings. The third-order valence-corrected chi connectivity index (χ3v) is 4.63. The molecule has 0 atom stereocenters. The van der Waals surface area contributed by atoms with E-state index in [1.807, 2.05) is 18.2 Å². The van der Waals surface area contributed by atoms with Crippen LogP contribution in [-0.4, -0.2) is 43.7 Å². The van der Waals surface area contributed by atoms with Crippen molar-refractivity contribution < 1.29 is 14.4 Å². The van der Waals surface area contributed by atoms with Crippen molar-refractivity contribution in [3.63, 3.8) is 0 Å². The second-order valence-corrected chi connectivity index (χ2v) is 6.66. The van der Waals surface area contributed by atoms with E-state index < -0.39 is 0 Å². The van der Waals surface area contributed by atoms with Crippen LogP contribution in [0.2, 0.25) is 0 Å². The first-order valence-corrected chi connectivity index (χ1v) is 8.09. The number of hydrogen-bond donors (Lipinski definition) is 2. The minimum Gasteiger partial charge on any atom is -0.370 e. The molecule has 2 aromatic rings. The van der Waals surface area contributed by atoms with Crippen LogP contribution < -0.4 is 10.2 Å². The lowest BCUT2D eigenvalue weighted by molar-refractivity contribution is -0.899. The molecule has 0 aliphatic carbocycles. The average Bonchev–Trinajstić information content (AvgIpc) is 2.80. The Balaban J connectivity index is 1.64. The summed E-state index contributed by atoms with van der Waals surface area (Å²) in [5.41, 5.74) is 0.909. The number of benzene rings is 1. The Morgan fingerprint density at radius 2 is 2.25 bits per heavy atom. The van der Waals surface area contributed by atoms with Crippen LogP contribution in [0.5, 0.6) is 0 Å². The fraction of sp³-hybridized carbons (Fsp3) is 0.385. The number of thiazole rings is 1. The molecule has 2 N–H and O–H groups in total. The van der Waals surface area contributed by atoms with E-state index in [1.165, 1.54) is 16.2 Å². The summed E-state index contributed by atoms with van der Waals surface area (Å²) < 4.78 is 7.36. The van der Waals surface area contributed by atoms with E-state index in [1.54, 1.807) is 0 Å². The quantitative estimate of drug-likeness (QED) is 0.859. The molecule has 1 aliphatic heterocycles. The van der Waals surface area contributed by atoms with Gasteiger partial charge in [0.2, 0.25) is 0 Å². The Kier molecular flexibility index (Phi) is 4.30. The Hall–Kier alpha value is -1.02. The van der Waals surface area contributed by atoms with Gasteiger partial charge >= 0.3 is 0 Å². The Labute approximate surface area is 129 Å². The van der Waals surface area contributed by atoms with Gasteiger partial charge in [-0.05, 0) is 18.2 Å². The van der Waals surface area contributed by atoms with Crippen molar-refractivity contribution >= 4 is 48.5 Å². The first-order chi connectivity index (χ1) is 9.70. The molecule has 0 radical (unpaired) electrons. The molecule has 3 rings (SSSR count). The van der Waals surface area contributed by atoms with E-state index in [0.717, 1.165) is 41.0 Å². The molecule has 5 nitrogen and oxygen atoms in total. The number of ether oxygens (including phenoxy) is 1. The fourth-order valence-electron chi connectivity index (χ4n) is 2.18. The molecule has 1 aliphatic rings. The maximum atomic E-state index is 12.0. The minimum atomic E-state index is 0.0139. The van der Waals surface area contributed by atoms with Crippen molar-refractivity contribution in [3.05, 3.63) is 22.7 Å². The summed E-state index contributed by atoms with van der Waals surface area (Å²) in [6.07, 6.45) is 0. The zero-order valence-corrected chi connectivity index (χ0v) is 13.2. The Morgan fingerprint density at radius 3 is 3.05 bits per heavy atom. The lowest BCUT2D eigenvalue weighted by Crippen LogP contribution is -3.15. The molecule has 1 amide bonds. The number of aromatic nitrogens is 1. The lowest BCUT2D eigenvalue weighted by Gasteiger charge is -2.22.